The molecule has 4 nitrogen and oxygen atoms in total. The molecular formula is C15H23N3OS. The number of hydrogen-bond donors (Lipinski definition) is 1. The molecule has 0 amide bonds. The van der Waals surface area contributed by atoms with Crippen LogP contribution in [0.3, 0.4) is 0 Å². The van der Waals surface area contributed by atoms with E-state index in [0.717, 1.165) is 36.0 Å². The number of rotatable bonds is 8. The number of imidazole rings is 1. The van der Waals surface area contributed by atoms with E-state index < -0.39 is 0 Å². The molecule has 0 fully saturated rings. The van der Waals surface area contributed by atoms with Crippen molar-refractivity contribution in [2.24, 2.45) is 0 Å². The van der Waals surface area contributed by atoms with Gasteiger partial charge in [0.25, 0.3) is 0 Å². The Labute approximate surface area is 124 Å². The summed E-state index contributed by atoms with van der Waals surface area (Å²) in [5.74, 6) is 1.03. The van der Waals surface area contributed by atoms with E-state index in [1.807, 2.05) is 23.9 Å². The van der Waals surface area contributed by atoms with Crippen LogP contribution in [0.2, 0.25) is 0 Å². The molecule has 0 aliphatic carbocycles. The zero-order valence-corrected chi connectivity index (χ0v) is 13.2. The fourth-order valence-corrected chi connectivity index (χ4v) is 2.93. The van der Waals surface area contributed by atoms with E-state index in [2.05, 4.69) is 35.8 Å². The summed E-state index contributed by atoms with van der Waals surface area (Å²) in [7, 11) is 1.74. The maximum atomic E-state index is 5.10. The number of hydrogen-bond acceptors (Lipinski definition) is 4. The molecule has 110 valence electrons. The van der Waals surface area contributed by atoms with Crippen LogP contribution in [0.1, 0.15) is 26.0 Å². The highest BCUT2D eigenvalue weighted by Gasteiger charge is 2.12. The third-order valence-corrected chi connectivity index (χ3v) is 4.09. The summed E-state index contributed by atoms with van der Waals surface area (Å²) in [4.78, 5) is 4.73. The van der Waals surface area contributed by atoms with Crippen molar-refractivity contribution in [1.29, 1.82) is 0 Å². The Balaban J connectivity index is 2.15. The van der Waals surface area contributed by atoms with Gasteiger partial charge >= 0.3 is 0 Å². The van der Waals surface area contributed by atoms with Gasteiger partial charge in [0.05, 0.1) is 5.69 Å². The molecule has 0 unspecified atom stereocenters. The van der Waals surface area contributed by atoms with Gasteiger partial charge < -0.3 is 14.5 Å². The molecule has 0 saturated carbocycles. The highest BCUT2D eigenvalue weighted by atomic mass is 32.2. The van der Waals surface area contributed by atoms with Crippen LogP contribution in [0.5, 0.6) is 0 Å². The van der Waals surface area contributed by atoms with Gasteiger partial charge in [-0.25, -0.2) is 4.98 Å². The van der Waals surface area contributed by atoms with Gasteiger partial charge in [-0.05, 0) is 18.6 Å². The molecule has 2 rings (SSSR count). The number of pyridine rings is 1. The molecule has 20 heavy (non-hydrogen) atoms. The van der Waals surface area contributed by atoms with E-state index in [-0.39, 0.29) is 0 Å². The third-order valence-electron chi connectivity index (χ3n) is 3.00. The molecular weight excluding hydrogens is 270 g/mol. The summed E-state index contributed by atoms with van der Waals surface area (Å²) in [6.07, 6.45) is 3.13. The maximum absolute atomic E-state index is 5.10. The van der Waals surface area contributed by atoms with Crippen molar-refractivity contribution in [3.63, 3.8) is 0 Å². The number of ether oxygens (including phenoxy) is 1. The van der Waals surface area contributed by atoms with Gasteiger partial charge in [0, 0.05) is 38.3 Å². The number of nitrogens with one attached hydrogen (secondary N) is 1. The van der Waals surface area contributed by atoms with E-state index in [4.69, 9.17) is 9.72 Å². The molecule has 2 aromatic rings. The van der Waals surface area contributed by atoms with Crippen molar-refractivity contribution in [2.75, 3.05) is 19.5 Å². The van der Waals surface area contributed by atoms with Crippen LogP contribution in [0.25, 0.3) is 5.65 Å². The molecule has 0 atom stereocenters. The second kappa shape index (κ2) is 7.67. The van der Waals surface area contributed by atoms with Crippen LogP contribution in [0, 0.1) is 0 Å². The first-order valence-electron chi connectivity index (χ1n) is 7.03. The third kappa shape index (κ3) is 3.98. The molecule has 5 heteroatoms. The van der Waals surface area contributed by atoms with Crippen LogP contribution in [-0.4, -0.2) is 34.9 Å². The molecule has 0 aromatic carbocycles. The second-order valence-corrected chi connectivity index (χ2v) is 6.11. The Hall–Kier alpha value is -1.04. The lowest BCUT2D eigenvalue weighted by atomic mass is 10.3. The summed E-state index contributed by atoms with van der Waals surface area (Å²) in [5, 5.41) is 4.61. The minimum absolute atomic E-state index is 0.468. The second-order valence-electron chi connectivity index (χ2n) is 5.02. The average molecular weight is 293 g/mol. The summed E-state index contributed by atoms with van der Waals surface area (Å²) >= 11 is 1.81. The predicted octanol–water partition coefficient (Wildman–Crippen LogP) is 2.96. The van der Waals surface area contributed by atoms with E-state index in [0.29, 0.717) is 6.04 Å². The van der Waals surface area contributed by atoms with Crippen molar-refractivity contribution in [3.8, 4) is 0 Å². The van der Waals surface area contributed by atoms with Crippen LogP contribution in [0.15, 0.2) is 29.4 Å². The average Bonchev–Trinajstić information content (AvgIpc) is 2.79. The molecule has 2 heterocycles. The number of methoxy groups -OCH3 is 1. The summed E-state index contributed by atoms with van der Waals surface area (Å²) in [6.45, 7) is 5.97. The normalized spacial score (nSPS) is 11.6. The molecule has 0 spiro atoms. The molecule has 0 saturated heterocycles. The lowest BCUT2D eigenvalue weighted by molar-refractivity contribution is 0.200. The van der Waals surface area contributed by atoms with Crippen molar-refractivity contribution < 1.29 is 4.74 Å². The van der Waals surface area contributed by atoms with E-state index in [1.165, 1.54) is 5.69 Å². The van der Waals surface area contributed by atoms with Crippen molar-refractivity contribution >= 4 is 17.4 Å². The minimum atomic E-state index is 0.468. The first-order valence-corrected chi connectivity index (χ1v) is 8.02. The Kier molecular flexibility index (Phi) is 5.88. The van der Waals surface area contributed by atoms with Gasteiger partial charge in [-0.15, -0.1) is 11.8 Å². The molecule has 2 aromatic heterocycles. The van der Waals surface area contributed by atoms with Gasteiger partial charge in [-0.2, -0.15) is 0 Å². The van der Waals surface area contributed by atoms with Gasteiger partial charge in [0.1, 0.15) is 10.7 Å². The van der Waals surface area contributed by atoms with Gasteiger partial charge in [-0.3, -0.25) is 0 Å². The van der Waals surface area contributed by atoms with Gasteiger partial charge in [0.15, 0.2) is 0 Å². The Bertz CT molecular complexity index is 539. The Morgan fingerprint density at radius 2 is 2.25 bits per heavy atom. The van der Waals surface area contributed by atoms with Crippen LogP contribution >= 0.6 is 11.8 Å². The quantitative estimate of drug-likeness (QED) is 0.600. The zero-order valence-electron chi connectivity index (χ0n) is 12.4. The van der Waals surface area contributed by atoms with Crippen molar-refractivity contribution in [1.82, 2.24) is 14.7 Å². The Morgan fingerprint density at radius 1 is 1.40 bits per heavy atom. The number of fused-ring (bicyclic) bond motifs is 1. The first kappa shape index (κ1) is 15.4. The number of nitrogens with zero attached hydrogens (tertiary/aromatic N) is 2. The van der Waals surface area contributed by atoms with Crippen LogP contribution in [-0.2, 0) is 11.3 Å². The monoisotopic (exact) mass is 293 g/mol. The topological polar surface area (TPSA) is 38.6 Å². The highest BCUT2D eigenvalue weighted by Crippen LogP contribution is 2.24. The molecule has 0 bridgehead atoms. The van der Waals surface area contributed by atoms with Crippen molar-refractivity contribution in [2.45, 2.75) is 37.9 Å². The fourth-order valence-electron chi connectivity index (χ4n) is 1.97. The SMILES string of the molecule is COCCCSc1nc2ccccn2c1CNC(C)C. The number of aromatic nitrogens is 2. The van der Waals surface area contributed by atoms with E-state index >= 15 is 0 Å². The fraction of sp³-hybridized carbons (Fsp3) is 0.533. The summed E-state index contributed by atoms with van der Waals surface area (Å²) in [5.41, 5.74) is 2.26. The first-order chi connectivity index (χ1) is 9.72. The van der Waals surface area contributed by atoms with E-state index in [1.54, 1.807) is 7.11 Å². The molecule has 0 aliphatic rings. The summed E-state index contributed by atoms with van der Waals surface area (Å²) < 4.78 is 7.27. The number of thioether (sulfide) groups is 1. The predicted molar refractivity (Wildman–Crippen MR) is 84.4 cm³/mol. The minimum Gasteiger partial charge on any atom is -0.385 e. The van der Waals surface area contributed by atoms with E-state index in [9.17, 15) is 0 Å². The standard InChI is InChI=1S/C15H23N3OS/c1-12(2)16-11-13-15(20-10-6-9-19-3)17-14-7-4-5-8-18(13)14/h4-5,7-8,12,16H,6,9-11H2,1-3H3. The zero-order chi connectivity index (χ0) is 14.4. The maximum Gasteiger partial charge on any atom is 0.138 e. The lowest BCUT2D eigenvalue weighted by Gasteiger charge is -2.09. The van der Waals surface area contributed by atoms with Crippen LogP contribution < -0.4 is 5.32 Å². The van der Waals surface area contributed by atoms with Crippen molar-refractivity contribution in [3.05, 3.63) is 30.1 Å². The van der Waals surface area contributed by atoms with Crippen LogP contribution in [0.4, 0.5) is 0 Å². The lowest BCUT2D eigenvalue weighted by Crippen LogP contribution is -2.23. The molecule has 0 aliphatic heterocycles. The molecule has 0 radical (unpaired) electrons. The highest BCUT2D eigenvalue weighted by molar-refractivity contribution is 7.99. The smallest absolute Gasteiger partial charge is 0.138 e. The van der Waals surface area contributed by atoms with Gasteiger partial charge in [-0.1, -0.05) is 19.9 Å². The largest absolute Gasteiger partial charge is 0.385 e. The van der Waals surface area contributed by atoms with Gasteiger partial charge in [0.2, 0.25) is 0 Å². The summed E-state index contributed by atoms with van der Waals surface area (Å²) in [6, 6.07) is 6.60. The Morgan fingerprint density at radius 3 is 3.00 bits per heavy atom. The molecule has 1 N–H and O–H groups in total.